The van der Waals surface area contributed by atoms with Crippen molar-refractivity contribution in [3.63, 3.8) is 0 Å². The number of hydrogen-bond donors (Lipinski definition) is 0. The number of allylic oxidation sites excluding steroid dienone is 16. The van der Waals surface area contributed by atoms with E-state index in [0.717, 1.165) is 0 Å². The summed E-state index contributed by atoms with van der Waals surface area (Å²) in [6.07, 6.45) is 32.0. The van der Waals surface area contributed by atoms with Crippen LogP contribution in [0.25, 0.3) is 0 Å². The Morgan fingerprint density at radius 2 is 0.235 bits per heavy atom. The van der Waals surface area contributed by atoms with Crippen LogP contribution in [0.1, 0.15) is 0 Å². The second-order valence-electron chi connectivity index (χ2n) is 3.08. The van der Waals surface area contributed by atoms with Gasteiger partial charge < -0.3 is 0 Å². The summed E-state index contributed by atoms with van der Waals surface area (Å²) in [5.74, 6) is 0. The summed E-state index contributed by atoms with van der Waals surface area (Å²) in [5.41, 5.74) is 0. The van der Waals surface area contributed by atoms with Crippen LogP contribution in [0.3, 0.4) is 0 Å². The molecule has 0 aliphatic heterocycles. The average Bonchev–Trinajstić information content (AvgIpc) is 2.15. The Hall–Kier alpha value is -1.39. The molecule has 0 atom stereocenters. The number of rotatable bonds is 0. The normalized spacial score (nSPS) is 15.1. The third kappa shape index (κ3) is 10.9. The molecule has 1 heteroatoms. The summed E-state index contributed by atoms with van der Waals surface area (Å²) < 4.78 is 0. The molecule has 0 heterocycles. The maximum atomic E-state index is 2.00. The zero-order valence-corrected chi connectivity index (χ0v) is 11.7. The Morgan fingerprint density at radius 3 is 0.294 bits per heavy atom. The van der Waals surface area contributed by atoms with Gasteiger partial charge in [-0.2, -0.15) is 0 Å². The minimum absolute atomic E-state index is 0. The Balaban J connectivity index is 0.000000284. The van der Waals surface area contributed by atoms with Crippen LogP contribution < -0.4 is 0 Å². The van der Waals surface area contributed by atoms with Gasteiger partial charge in [-0.15, -0.1) is 0 Å². The molecular weight excluding hydrogens is 288 g/mol. The van der Waals surface area contributed by atoms with E-state index in [-0.39, 0.29) is 21.1 Å². The summed E-state index contributed by atoms with van der Waals surface area (Å²) in [6.45, 7) is 0. The van der Waals surface area contributed by atoms with Crippen molar-refractivity contribution in [3.05, 3.63) is 97.2 Å². The van der Waals surface area contributed by atoms with Crippen molar-refractivity contribution in [1.82, 2.24) is 0 Å². The van der Waals surface area contributed by atoms with Gasteiger partial charge in [0.1, 0.15) is 0 Å². The van der Waals surface area contributed by atoms with Crippen LogP contribution in [0, 0.1) is 0 Å². The molecule has 17 heavy (non-hydrogen) atoms. The molecule has 0 bridgehead atoms. The standard InChI is InChI=1S/2C8H8.Mo/c2*1-2-4-6-8-7-5-3-1;/h2*1-8H;. The Bertz CT molecular complexity index is 247. The van der Waals surface area contributed by atoms with Crippen molar-refractivity contribution in [3.8, 4) is 0 Å². The van der Waals surface area contributed by atoms with Gasteiger partial charge in [-0.25, -0.2) is 0 Å². The van der Waals surface area contributed by atoms with Gasteiger partial charge in [-0.1, -0.05) is 97.2 Å². The molecule has 0 unspecified atom stereocenters. The molecule has 0 aromatic rings. The molecule has 0 saturated carbocycles. The van der Waals surface area contributed by atoms with Crippen LogP contribution in [0.2, 0.25) is 0 Å². The van der Waals surface area contributed by atoms with E-state index >= 15 is 0 Å². The first kappa shape index (κ1) is 15.6. The summed E-state index contributed by atoms with van der Waals surface area (Å²) in [7, 11) is 0. The van der Waals surface area contributed by atoms with Crippen molar-refractivity contribution in [2.45, 2.75) is 0 Å². The molecule has 2 aliphatic carbocycles. The topological polar surface area (TPSA) is 0 Å². The predicted molar refractivity (Wildman–Crippen MR) is 73.1 cm³/mol. The van der Waals surface area contributed by atoms with E-state index in [1.165, 1.54) is 0 Å². The molecule has 86 valence electrons. The van der Waals surface area contributed by atoms with Crippen molar-refractivity contribution in [2.24, 2.45) is 0 Å². The summed E-state index contributed by atoms with van der Waals surface area (Å²) in [4.78, 5) is 0. The van der Waals surface area contributed by atoms with E-state index in [1.54, 1.807) is 0 Å². The van der Waals surface area contributed by atoms with Crippen molar-refractivity contribution in [1.29, 1.82) is 0 Å². The second kappa shape index (κ2) is 12.7. The van der Waals surface area contributed by atoms with Gasteiger partial charge in [0, 0.05) is 21.1 Å². The van der Waals surface area contributed by atoms with Crippen LogP contribution in [-0.4, -0.2) is 0 Å². The largest absolute Gasteiger partial charge is 0.0623 e. The third-order valence-corrected chi connectivity index (χ3v) is 1.78. The predicted octanol–water partition coefficient (Wildman–Crippen LogP) is 4.45. The summed E-state index contributed by atoms with van der Waals surface area (Å²) >= 11 is 0. The molecule has 0 radical (unpaired) electrons. The van der Waals surface area contributed by atoms with Gasteiger partial charge in [-0.3, -0.25) is 0 Å². The maximum absolute atomic E-state index is 2.00. The molecule has 0 fully saturated rings. The Kier molecular flexibility index (Phi) is 11.6. The second-order valence-corrected chi connectivity index (χ2v) is 3.08. The maximum Gasteiger partial charge on any atom is 0 e. The van der Waals surface area contributed by atoms with E-state index in [2.05, 4.69) is 0 Å². The molecule has 0 amide bonds. The minimum Gasteiger partial charge on any atom is -0.0623 e. The zero-order valence-electron chi connectivity index (χ0n) is 9.65. The van der Waals surface area contributed by atoms with Crippen LogP contribution in [0.4, 0.5) is 0 Å². The first-order valence-electron chi connectivity index (χ1n) is 5.33. The van der Waals surface area contributed by atoms with Gasteiger partial charge in [0.15, 0.2) is 0 Å². The van der Waals surface area contributed by atoms with Crippen LogP contribution in [0.5, 0.6) is 0 Å². The van der Waals surface area contributed by atoms with Gasteiger partial charge in [0.2, 0.25) is 0 Å². The van der Waals surface area contributed by atoms with Gasteiger partial charge in [0.25, 0.3) is 0 Å². The Morgan fingerprint density at radius 1 is 0.176 bits per heavy atom. The molecule has 0 aromatic carbocycles. The fraction of sp³-hybridized carbons (Fsp3) is 0. The smallest absolute Gasteiger partial charge is 0 e. The SMILES string of the molecule is C1=CC=CC=CC=C1.C1=CC=CC=CC=C1.[Mo]. The van der Waals surface area contributed by atoms with Crippen molar-refractivity contribution < 1.29 is 21.1 Å². The molecule has 0 nitrogen and oxygen atoms in total. The Labute approximate surface area is 118 Å². The third-order valence-electron chi connectivity index (χ3n) is 1.78. The van der Waals surface area contributed by atoms with Crippen LogP contribution in [0.15, 0.2) is 97.2 Å². The fourth-order valence-electron chi connectivity index (χ4n) is 1.03. The summed E-state index contributed by atoms with van der Waals surface area (Å²) in [5, 5.41) is 0. The van der Waals surface area contributed by atoms with E-state index in [1.807, 2.05) is 97.2 Å². The fourth-order valence-corrected chi connectivity index (χ4v) is 1.03. The van der Waals surface area contributed by atoms with Crippen molar-refractivity contribution >= 4 is 0 Å². The van der Waals surface area contributed by atoms with Gasteiger partial charge in [0.05, 0.1) is 0 Å². The average molecular weight is 304 g/mol. The monoisotopic (exact) mass is 306 g/mol. The van der Waals surface area contributed by atoms with E-state index in [4.69, 9.17) is 0 Å². The zero-order chi connectivity index (χ0) is 11.3. The number of hydrogen-bond acceptors (Lipinski definition) is 0. The van der Waals surface area contributed by atoms with E-state index < -0.39 is 0 Å². The first-order valence-corrected chi connectivity index (χ1v) is 5.33. The molecule has 0 aromatic heterocycles. The van der Waals surface area contributed by atoms with Crippen LogP contribution >= 0.6 is 0 Å². The first-order chi connectivity index (χ1) is 8.00. The van der Waals surface area contributed by atoms with Crippen LogP contribution in [-0.2, 0) is 21.1 Å². The molecule has 2 rings (SSSR count). The van der Waals surface area contributed by atoms with E-state index in [0.29, 0.717) is 0 Å². The molecular formula is C16H16Mo. The quantitative estimate of drug-likeness (QED) is 0.580. The minimum atomic E-state index is 0. The van der Waals surface area contributed by atoms with Gasteiger partial charge in [-0.05, 0) is 0 Å². The molecule has 0 saturated heterocycles. The summed E-state index contributed by atoms with van der Waals surface area (Å²) in [6, 6.07) is 0. The molecule has 0 N–H and O–H groups in total. The molecule has 0 spiro atoms. The van der Waals surface area contributed by atoms with E-state index in [9.17, 15) is 0 Å². The molecule has 2 aliphatic rings. The van der Waals surface area contributed by atoms with Crippen molar-refractivity contribution in [2.75, 3.05) is 0 Å². The van der Waals surface area contributed by atoms with Gasteiger partial charge >= 0.3 is 0 Å².